The Labute approximate surface area is 237 Å². The molecule has 0 spiro atoms. The van der Waals surface area contributed by atoms with Crippen LogP contribution in [0.15, 0.2) is 36.4 Å². The van der Waals surface area contributed by atoms with Crippen molar-refractivity contribution in [1.82, 2.24) is 15.3 Å². The highest BCUT2D eigenvalue weighted by atomic mass is 19.1. The van der Waals surface area contributed by atoms with Gasteiger partial charge in [0.15, 0.2) is 5.82 Å². The molecule has 3 N–H and O–H groups in total. The molecular weight excluding hydrogens is 526 g/mol. The largest absolute Gasteiger partial charge is 0.508 e. The summed E-state index contributed by atoms with van der Waals surface area (Å²) >= 11 is 0. The van der Waals surface area contributed by atoms with Crippen LogP contribution in [-0.4, -0.2) is 57.6 Å². The SMILES string of the molecule is CCc1c(F)ccc2cc(O)cc(-c3ccc4c(N5C[C@H]6CC[C@@H](C5)N6)nc(OCC5(O)CCCC5)nc4c3F)c12. The third-order valence-corrected chi connectivity index (χ3v) is 9.08. The maximum Gasteiger partial charge on any atom is 0.319 e. The lowest BCUT2D eigenvalue weighted by Crippen LogP contribution is -2.51. The first-order valence-corrected chi connectivity index (χ1v) is 14.6. The molecule has 1 aliphatic carbocycles. The number of aromatic hydroxyl groups is 1. The number of aromatic nitrogens is 2. The number of hydrogen-bond donors (Lipinski definition) is 3. The Kier molecular flexibility index (Phi) is 6.47. The summed E-state index contributed by atoms with van der Waals surface area (Å²) < 4.78 is 37.5. The number of ether oxygens (including phenoxy) is 1. The first kappa shape index (κ1) is 26.3. The zero-order valence-electron chi connectivity index (χ0n) is 23.1. The lowest BCUT2D eigenvalue weighted by Gasteiger charge is -2.34. The van der Waals surface area contributed by atoms with Crippen molar-refractivity contribution in [3.05, 3.63) is 53.6 Å². The van der Waals surface area contributed by atoms with E-state index in [4.69, 9.17) is 9.72 Å². The lowest BCUT2D eigenvalue weighted by molar-refractivity contribution is -0.00139. The number of phenols is 1. The number of anilines is 1. The summed E-state index contributed by atoms with van der Waals surface area (Å²) in [5, 5.41) is 26.8. The molecule has 1 saturated carbocycles. The molecule has 2 aliphatic heterocycles. The zero-order chi connectivity index (χ0) is 28.3. The summed E-state index contributed by atoms with van der Waals surface area (Å²) in [6.45, 7) is 3.38. The minimum atomic E-state index is -0.936. The molecule has 2 bridgehead atoms. The molecule has 1 aromatic heterocycles. The number of rotatable bonds is 6. The molecule has 0 amide bonds. The third kappa shape index (κ3) is 4.65. The fourth-order valence-corrected chi connectivity index (χ4v) is 7.04. The van der Waals surface area contributed by atoms with E-state index in [1.165, 1.54) is 12.1 Å². The number of hydrogen-bond acceptors (Lipinski definition) is 7. The molecule has 3 aliphatic rings. The molecular formula is C32H34F2N4O3. The van der Waals surface area contributed by atoms with Crippen LogP contribution in [-0.2, 0) is 6.42 Å². The zero-order valence-corrected chi connectivity index (χ0v) is 23.1. The summed E-state index contributed by atoms with van der Waals surface area (Å²) in [6, 6.07) is 10.2. The molecule has 3 aromatic carbocycles. The predicted octanol–water partition coefficient (Wildman–Crippen LogP) is 5.62. The predicted molar refractivity (Wildman–Crippen MR) is 155 cm³/mol. The van der Waals surface area contributed by atoms with Crippen molar-refractivity contribution in [2.45, 2.75) is 69.6 Å². The van der Waals surface area contributed by atoms with E-state index in [9.17, 15) is 14.6 Å². The van der Waals surface area contributed by atoms with Crippen LogP contribution in [0.2, 0.25) is 0 Å². The van der Waals surface area contributed by atoms with Gasteiger partial charge in [-0.1, -0.05) is 31.9 Å². The van der Waals surface area contributed by atoms with Crippen LogP contribution >= 0.6 is 0 Å². The lowest BCUT2D eigenvalue weighted by atomic mass is 9.92. The maximum atomic E-state index is 16.7. The topological polar surface area (TPSA) is 90.7 Å². The molecule has 7 rings (SSSR count). The van der Waals surface area contributed by atoms with Crippen molar-refractivity contribution < 1.29 is 23.7 Å². The van der Waals surface area contributed by atoms with Crippen molar-refractivity contribution in [2.24, 2.45) is 0 Å². The normalized spacial score (nSPS) is 21.7. The number of phenolic OH excluding ortho intramolecular Hbond substituents is 1. The summed E-state index contributed by atoms with van der Waals surface area (Å²) in [5.41, 5.74) is 0.236. The molecule has 9 heteroatoms. The van der Waals surface area contributed by atoms with Crippen LogP contribution in [0.25, 0.3) is 32.8 Å². The van der Waals surface area contributed by atoms with Gasteiger partial charge in [-0.05, 0) is 78.3 Å². The highest BCUT2D eigenvalue weighted by Crippen LogP contribution is 2.41. The maximum absolute atomic E-state index is 16.7. The van der Waals surface area contributed by atoms with Crippen molar-refractivity contribution >= 4 is 27.5 Å². The van der Waals surface area contributed by atoms with Crippen LogP contribution in [0.5, 0.6) is 11.8 Å². The van der Waals surface area contributed by atoms with Gasteiger partial charge in [0.1, 0.15) is 29.5 Å². The van der Waals surface area contributed by atoms with Gasteiger partial charge in [0.25, 0.3) is 0 Å². The molecule has 0 unspecified atom stereocenters. The van der Waals surface area contributed by atoms with Gasteiger partial charge in [0.05, 0.1) is 5.60 Å². The van der Waals surface area contributed by atoms with Crippen LogP contribution < -0.4 is 15.0 Å². The van der Waals surface area contributed by atoms with E-state index in [-0.39, 0.29) is 35.3 Å². The Balaban J connectivity index is 1.40. The van der Waals surface area contributed by atoms with Crippen LogP contribution in [0.3, 0.4) is 0 Å². The van der Waals surface area contributed by atoms with Gasteiger partial charge in [-0.25, -0.2) is 8.78 Å². The first-order chi connectivity index (χ1) is 19.8. The van der Waals surface area contributed by atoms with Gasteiger partial charge in [0, 0.05) is 36.1 Å². The van der Waals surface area contributed by atoms with E-state index in [0.717, 1.165) is 38.8 Å². The fraction of sp³-hybridized carbons (Fsp3) is 0.438. The number of fused-ring (bicyclic) bond motifs is 4. The monoisotopic (exact) mass is 560 g/mol. The summed E-state index contributed by atoms with van der Waals surface area (Å²) in [6.07, 6.45) is 5.74. The Hall–Kier alpha value is -3.56. The number of aryl methyl sites for hydroxylation is 1. The molecule has 2 saturated heterocycles. The Morgan fingerprint density at radius 1 is 1.02 bits per heavy atom. The number of aliphatic hydroxyl groups is 1. The Bertz CT molecular complexity index is 1640. The molecule has 7 nitrogen and oxygen atoms in total. The van der Waals surface area contributed by atoms with Gasteiger partial charge >= 0.3 is 6.01 Å². The molecule has 3 fully saturated rings. The number of nitrogens with one attached hydrogen (secondary N) is 1. The second-order valence-electron chi connectivity index (χ2n) is 11.9. The van der Waals surface area contributed by atoms with Crippen molar-refractivity contribution in [1.29, 1.82) is 0 Å². The van der Waals surface area contributed by atoms with Crippen LogP contribution in [0, 0.1) is 11.6 Å². The number of nitrogens with zero attached hydrogens (tertiary/aromatic N) is 3. The molecule has 41 heavy (non-hydrogen) atoms. The van der Waals surface area contributed by atoms with E-state index in [1.54, 1.807) is 18.2 Å². The summed E-state index contributed by atoms with van der Waals surface area (Å²) in [7, 11) is 0. The van der Waals surface area contributed by atoms with Crippen molar-refractivity contribution in [2.75, 3.05) is 24.6 Å². The number of piperazine rings is 1. The van der Waals surface area contributed by atoms with E-state index in [1.807, 2.05) is 13.0 Å². The van der Waals surface area contributed by atoms with E-state index in [0.29, 0.717) is 64.4 Å². The fourth-order valence-electron chi connectivity index (χ4n) is 7.04. The highest BCUT2D eigenvalue weighted by molar-refractivity contribution is 6.03. The van der Waals surface area contributed by atoms with Crippen molar-refractivity contribution in [3.8, 4) is 22.9 Å². The van der Waals surface area contributed by atoms with E-state index >= 15 is 4.39 Å². The quantitative estimate of drug-likeness (QED) is 0.282. The number of halogens is 2. The average Bonchev–Trinajstić information content (AvgIpc) is 3.55. The first-order valence-electron chi connectivity index (χ1n) is 14.6. The standard InChI is InChI=1S/C32H34F2N4O3/c1-2-22-26(33)10-5-18-13-21(39)14-25(27(18)22)23-8-9-24-29(28(23)34)36-31(41-17-32(40)11-3-4-12-32)37-30(24)38-15-19-6-7-20(16-38)35-19/h5,8-10,13-14,19-20,35,39-40H,2-4,6-7,11-12,15-17H2,1H3/t19-,20+. The van der Waals surface area contributed by atoms with Crippen molar-refractivity contribution in [3.63, 3.8) is 0 Å². The molecule has 3 heterocycles. The summed E-state index contributed by atoms with van der Waals surface area (Å²) in [4.78, 5) is 11.5. The van der Waals surface area contributed by atoms with Gasteiger partial charge in [0.2, 0.25) is 0 Å². The molecule has 2 atom stereocenters. The second kappa shape index (κ2) is 10.1. The minimum Gasteiger partial charge on any atom is -0.508 e. The van der Waals surface area contributed by atoms with Crippen LogP contribution in [0.1, 0.15) is 51.0 Å². The Morgan fingerprint density at radius 2 is 1.78 bits per heavy atom. The smallest absolute Gasteiger partial charge is 0.319 e. The van der Waals surface area contributed by atoms with Gasteiger partial charge < -0.3 is 25.2 Å². The van der Waals surface area contributed by atoms with E-state index < -0.39 is 11.4 Å². The molecule has 214 valence electrons. The third-order valence-electron chi connectivity index (χ3n) is 9.08. The highest BCUT2D eigenvalue weighted by Gasteiger charge is 2.35. The minimum absolute atomic E-state index is 0.0239. The molecule has 4 aromatic rings. The summed E-state index contributed by atoms with van der Waals surface area (Å²) in [5.74, 6) is -0.388. The van der Waals surface area contributed by atoms with Gasteiger partial charge in [-0.3, -0.25) is 0 Å². The van der Waals surface area contributed by atoms with E-state index in [2.05, 4.69) is 15.2 Å². The Morgan fingerprint density at radius 3 is 2.51 bits per heavy atom. The molecule has 0 radical (unpaired) electrons. The van der Waals surface area contributed by atoms with Gasteiger partial charge in [-0.15, -0.1) is 0 Å². The number of benzene rings is 3. The van der Waals surface area contributed by atoms with Crippen LogP contribution in [0.4, 0.5) is 14.6 Å². The van der Waals surface area contributed by atoms with Gasteiger partial charge in [-0.2, -0.15) is 9.97 Å². The second-order valence-corrected chi connectivity index (χ2v) is 11.9. The average molecular weight is 561 g/mol.